The van der Waals surface area contributed by atoms with E-state index in [-0.39, 0.29) is 31.1 Å². The summed E-state index contributed by atoms with van der Waals surface area (Å²) in [6.07, 6.45) is 63.9. The minimum absolute atomic E-state index is 0.0843. The van der Waals surface area contributed by atoms with Gasteiger partial charge in [0.05, 0.1) is 0 Å². The maximum atomic E-state index is 12.8. The largest absolute Gasteiger partial charge is 0.462 e. The molecule has 1 unspecified atom stereocenters. The lowest BCUT2D eigenvalue weighted by Gasteiger charge is -2.18. The highest BCUT2D eigenvalue weighted by Crippen LogP contribution is 2.15. The Balaban J connectivity index is 4.38. The summed E-state index contributed by atoms with van der Waals surface area (Å²) in [7, 11) is 0. The van der Waals surface area contributed by atoms with Crippen LogP contribution in [0.15, 0.2) is 48.6 Å². The van der Waals surface area contributed by atoms with Gasteiger partial charge in [-0.2, -0.15) is 0 Å². The van der Waals surface area contributed by atoms with Gasteiger partial charge in [-0.05, 0) is 96.3 Å². The number of rotatable bonds is 50. The zero-order valence-corrected chi connectivity index (χ0v) is 42.6. The molecule has 0 amide bonds. The van der Waals surface area contributed by atoms with E-state index in [1.165, 1.54) is 148 Å². The third kappa shape index (κ3) is 50.4. The van der Waals surface area contributed by atoms with E-state index in [0.717, 1.165) is 96.3 Å². The SMILES string of the molecule is CC/C=C\C/C=C\CCCCCCCCCC(=O)OC(COC(=O)CCCCC/C=C\CCCCCCCCC)COC(=O)CCCCCCC/C=C\CCCCCCCCCCC. The van der Waals surface area contributed by atoms with Gasteiger partial charge in [-0.25, -0.2) is 0 Å². The van der Waals surface area contributed by atoms with Crippen LogP contribution in [0.1, 0.15) is 284 Å². The highest BCUT2D eigenvalue weighted by molar-refractivity contribution is 5.71. The third-order valence-electron chi connectivity index (χ3n) is 12.0. The number of unbranched alkanes of at least 4 members (excludes halogenated alkanes) is 31. The first-order chi connectivity index (χ1) is 31.5. The summed E-state index contributed by atoms with van der Waals surface area (Å²) < 4.78 is 16.8. The van der Waals surface area contributed by atoms with Crippen LogP contribution in [0, 0.1) is 0 Å². The molecule has 0 aromatic carbocycles. The lowest BCUT2D eigenvalue weighted by molar-refractivity contribution is -0.167. The summed E-state index contributed by atoms with van der Waals surface area (Å²) in [5.74, 6) is -0.907. The average molecular weight is 897 g/mol. The van der Waals surface area contributed by atoms with Crippen LogP contribution in [0.5, 0.6) is 0 Å². The van der Waals surface area contributed by atoms with Crippen LogP contribution in [0.4, 0.5) is 0 Å². The molecule has 0 aromatic rings. The molecule has 6 heteroatoms. The second-order valence-electron chi connectivity index (χ2n) is 18.5. The van der Waals surface area contributed by atoms with Gasteiger partial charge < -0.3 is 14.2 Å². The van der Waals surface area contributed by atoms with Crippen molar-refractivity contribution in [2.45, 2.75) is 290 Å². The van der Waals surface area contributed by atoms with Gasteiger partial charge in [0, 0.05) is 19.3 Å². The Bertz CT molecular complexity index is 1120. The maximum absolute atomic E-state index is 12.8. The molecule has 6 nitrogen and oxygen atoms in total. The Morgan fingerprint density at radius 1 is 0.328 bits per heavy atom. The molecule has 1 atom stereocenters. The van der Waals surface area contributed by atoms with E-state index in [0.29, 0.717) is 19.3 Å². The van der Waals surface area contributed by atoms with Crippen LogP contribution in [0.3, 0.4) is 0 Å². The molecule has 0 aliphatic heterocycles. The second-order valence-corrected chi connectivity index (χ2v) is 18.5. The van der Waals surface area contributed by atoms with E-state index in [2.05, 4.69) is 69.4 Å². The quantitative estimate of drug-likeness (QED) is 0.0262. The molecule has 0 spiro atoms. The number of carbonyl (C=O) groups is 3. The van der Waals surface area contributed by atoms with Crippen LogP contribution in [-0.4, -0.2) is 37.2 Å². The van der Waals surface area contributed by atoms with Gasteiger partial charge in [0.15, 0.2) is 6.10 Å². The highest BCUT2D eigenvalue weighted by Gasteiger charge is 2.19. The smallest absolute Gasteiger partial charge is 0.306 e. The fourth-order valence-corrected chi connectivity index (χ4v) is 7.88. The summed E-state index contributed by atoms with van der Waals surface area (Å²) in [6.45, 7) is 6.53. The standard InChI is InChI=1S/C58H104O6/c1-4-7-10-13-16-19-22-25-28-29-30-31-34-36-39-42-45-48-51-57(60)63-54-55(64-58(61)52-49-46-43-40-37-33-27-24-21-18-15-12-9-6-3)53-62-56(59)50-47-44-41-38-35-32-26-23-20-17-14-11-8-5-2/h9,12,18,21,30-32,35,55H,4-8,10-11,13-17,19-20,22-29,33-34,36-54H2,1-3H3/b12-9-,21-18-,31-30-,35-32-. The number of ether oxygens (including phenoxy) is 3. The van der Waals surface area contributed by atoms with Gasteiger partial charge >= 0.3 is 17.9 Å². The van der Waals surface area contributed by atoms with Gasteiger partial charge in [0.2, 0.25) is 0 Å². The second kappa shape index (κ2) is 53.0. The number of hydrogen-bond acceptors (Lipinski definition) is 6. The van der Waals surface area contributed by atoms with E-state index in [4.69, 9.17) is 14.2 Å². The molecule has 0 saturated carbocycles. The monoisotopic (exact) mass is 897 g/mol. The number of carbonyl (C=O) groups excluding carboxylic acids is 3. The summed E-state index contributed by atoms with van der Waals surface area (Å²) in [6, 6.07) is 0. The first kappa shape index (κ1) is 61.4. The van der Waals surface area contributed by atoms with Crippen LogP contribution in [-0.2, 0) is 28.6 Å². The predicted molar refractivity (Wildman–Crippen MR) is 275 cm³/mol. The predicted octanol–water partition coefficient (Wildman–Crippen LogP) is 18.3. The first-order valence-electron chi connectivity index (χ1n) is 27.6. The Labute approximate surface area is 397 Å². The van der Waals surface area contributed by atoms with Crippen molar-refractivity contribution in [2.75, 3.05) is 13.2 Å². The summed E-state index contributed by atoms with van der Waals surface area (Å²) >= 11 is 0. The Morgan fingerprint density at radius 3 is 0.969 bits per heavy atom. The molecular formula is C58H104O6. The third-order valence-corrected chi connectivity index (χ3v) is 12.0. The molecule has 372 valence electrons. The van der Waals surface area contributed by atoms with E-state index in [1.54, 1.807) is 0 Å². The maximum Gasteiger partial charge on any atom is 0.306 e. The Hall–Kier alpha value is -2.63. The van der Waals surface area contributed by atoms with Crippen LogP contribution in [0.2, 0.25) is 0 Å². The van der Waals surface area contributed by atoms with Gasteiger partial charge in [-0.3, -0.25) is 14.4 Å². The molecule has 0 aromatic heterocycles. The van der Waals surface area contributed by atoms with Gasteiger partial charge in [-0.1, -0.05) is 217 Å². The molecule has 0 bridgehead atoms. The van der Waals surface area contributed by atoms with Gasteiger partial charge in [-0.15, -0.1) is 0 Å². The van der Waals surface area contributed by atoms with Crippen molar-refractivity contribution in [1.82, 2.24) is 0 Å². The minimum Gasteiger partial charge on any atom is -0.462 e. The van der Waals surface area contributed by atoms with Crippen molar-refractivity contribution in [1.29, 1.82) is 0 Å². The molecular weight excluding hydrogens is 793 g/mol. The molecule has 0 radical (unpaired) electrons. The lowest BCUT2D eigenvalue weighted by atomic mass is 10.1. The normalized spacial score (nSPS) is 12.4. The number of allylic oxidation sites excluding steroid dienone is 8. The van der Waals surface area contributed by atoms with E-state index >= 15 is 0 Å². The molecule has 0 rings (SSSR count). The van der Waals surface area contributed by atoms with Crippen molar-refractivity contribution in [2.24, 2.45) is 0 Å². The average Bonchev–Trinajstić information content (AvgIpc) is 3.29. The zero-order valence-electron chi connectivity index (χ0n) is 42.6. The van der Waals surface area contributed by atoms with Crippen LogP contribution in [0.25, 0.3) is 0 Å². The van der Waals surface area contributed by atoms with E-state index in [1.807, 2.05) is 0 Å². The minimum atomic E-state index is -0.785. The molecule has 0 saturated heterocycles. The van der Waals surface area contributed by atoms with E-state index < -0.39 is 6.10 Å². The van der Waals surface area contributed by atoms with Crippen molar-refractivity contribution in [3.05, 3.63) is 48.6 Å². The van der Waals surface area contributed by atoms with E-state index in [9.17, 15) is 14.4 Å². The van der Waals surface area contributed by atoms with Gasteiger partial charge in [0.1, 0.15) is 13.2 Å². The number of esters is 3. The molecule has 0 fully saturated rings. The molecule has 0 N–H and O–H groups in total. The Kier molecular flexibility index (Phi) is 50.8. The highest BCUT2D eigenvalue weighted by atomic mass is 16.6. The van der Waals surface area contributed by atoms with Crippen molar-refractivity contribution in [3.63, 3.8) is 0 Å². The number of hydrogen-bond donors (Lipinski definition) is 0. The van der Waals surface area contributed by atoms with Crippen molar-refractivity contribution >= 4 is 17.9 Å². The zero-order chi connectivity index (χ0) is 46.5. The van der Waals surface area contributed by atoms with Gasteiger partial charge in [0.25, 0.3) is 0 Å². The van der Waals surface area contributed by atoms with Crippen molar-refractivity contribution in [3.8, 4) is 0 Å². The molecule has 64 heavy (non-hydrogen) atoms. The topological polar surface area (TPSA) is 78.9 Å². The lowest BCUT2D eigenvalue weighted by Crippen LogP contribution is -2.30. The Morgan fingerprint density at radius 2 is 0.609 bits per heavy atom. The van der Waals surface area contributed by atoms with Crippen LogP contribution >= 0.6 is 0 Å². The molecule has 0 heterocycles. The van der Waals surface area contributed by atoms with Crippen molar-refractivity contribution < 1.29 is 28.6 Å². The molecule has 0 aliphatic rings. The fourth-order valence-electron chi connectivity index (χ4n) is 7.88. The first-order valence-corrected chi connectivity index (χ1v) is 27.6. The molecule has 0 aliphatic carbocycles. The summed E-state index contributed by atoms with van der Waals surface area (Å²) in [5.41, 5.74) is 0. The summed E-state index contributed by atoms with van der Waals surface area (Å²) in [5, 5.41) is 0. The summed E-state index contributed by atoms with van der Waals surface area (Å²) in [4.78, 5) is 38.0. The van der Waals surface area contributed by atoms with Crippen LogP contribution < -0.4 is 0 Å². The fraction of sp³-hybridized carbons (Fsp3) is 0.810.